The van der Waals surface area contributed by atoms with E-state index >= 15 is 0 Å². The van der Waals surface area contributed by atoms with E-state index in [1.54, 1.807) is 6.07 Å². The molecule has 6 heteroatoms. The van der Waals surface area contributed by atoms with Crippen LogP contribution < -0.4 is 5.43 Å². The van der Waals surface area contributed by atoms with Crippen molar-refractivity contribution in [1.29, 1.82) is 0 Å². The molecule has 0 unspecified atom stereocenters. The molecule has 1 aromatic carbocycles. The zero-order valence-electron chi connectivity index (χ0n) is 11.1. The molecular formula is C13H16N3O3+. The number of aromatic hydroxyl groups is 1. The molecular weight excluding hydrogens is 246 g/mol. The minimum Gasteiger partial charge on any atom is -0.507 e. The molecule has 0 radical (unpaired) electrons. The van der Waals surface area contributed by atoms with Crippen LogP contribution in [0.1, 0.15) is 25.8 Å². The predicted molar refractivity (Wildman–Crippen MR) is 70.4 cm³/mol. The lowest BCUT2D eigenvalue weighted by atomic mass is 9.79. The Labute approximate surface area is 110 Å². The zero-order valence-corrected chi connectivity index (χ0v) is 11.1. The third-order valence-electron chi connectivity index (χ3n) is 3.13. The topological polar surface area (TPSA) is 81.8 Å². The number of nitrogens with one attached hydrogen (secondary N) is 1. The van der Waals surface area contributed by atoms with Crippen molar-refractivity contribution in [2.75, 3.05) is 7.05 Å². The molecule has 19 heavy (non-hydrogen) atoms. The van der Waals surface area contributed by atoms with Crippen LogP contribution in [0.4, 0.5) is 5.69 Å². The van der Waals surface area contributed by atoms with Crippen LogP contribution in [0.15, 0.2) is 23.3 Å². The van der Waals surface area contributed by atoms with Crippen molar-refractivity contribution in [3.8, 4) is 5.75 Å². The summed E-state index contributed by atoms with van der Waals surface area (Å²) in [7, 11) is 1.38. The van der Waals surface area contributed by atoms with Crippen molar-refractivity contribution >= 4 is 17.3 Å². The van der Waals surface area contributed by atoms with Crippen molar-refractivity contribution in [2.24, 2.45) is 10.5 Å². The zero-order chi connectivity index (χ0) is 14.2. The first-order valence-electron chi connectivity index (χ1n) is 5.92. The summed E-state index contributed by atoms with van der Waals surface area (Å²) in [6.45, 7) is 3.75. The molecule has 0 saturated carbocycles. The predicted octanol–water partition coefficient (Wildman–Crippen LogP) is 1.68. The first kappa shape index (κ1) is 13.2. The van der Waals surface area contributed by atoms with Crippen molar-refractivity contribution in [1.82, 2.24) is 5.43 Å². The van der Waals surface area contributed by atoms with E-state index in [1.165, 1.54) is 19.2 Å². The van der Waals surface area contributed by atoms with Crippen molar-refractivity contribution in [2.45, 2.75) is 20.3 Å². The van der Waals surface area contributed by atoms with Gasteiger partial charge in [-0.05, 0) is 6.07 Å². The molecule has 2 N–H and O–H groups in total. The van der Waals surface area contributed by atoms with Crippen LogP contribution in [0.5, 0.6) is 5.75 Å². The van der Waals surface area contributed by atoms with Crippen LogP contribution in [-0.4, -0.2) is 28.5 Å². The quantitative estimate of drug-likeness (QED) is 0.795. The van der Waals surface area contributed by atoms with Crippen LogP contribution in [0.2, 0.25) is 0 Å². The van der Waals surface area contributed by atoms with E-state index in [0.717, 1.165) is 0 Å². The van der Waals surface area contributed by atoms with Gasteiger partial charge >= 0.3 is 0 Å². The number of amides is 1. The largest absolute Gasteiger partial charge is 0.507 e. The maximum atomic E-state index is 11.4. The van der Waals surface area contributed by atoms with E-state index in [1.807, 2.05) is 13.8 Å². The van der Waals surface area contributed by atoms with Crippen molar-refractivity contribution in [3.05, 3.63) is 28.7 Å². The van der Waals surface area contributed by atoms with Crippen LogP contribution in [0, 0.1) is 10.3 Å². The second kappa shape index (κ2) is 4.46. The fourth-order valence-electron chi connectivity index (χ4n) is 2.13. The Kier molecular flexibility index (Phi) is 3.09. The van der Waals surface area contributed by atoms with Gasteiger partial charge in [0.15, 0.2) is 7.05 Å². The summed E-state index contributed by atoms with van der Waals surface area (Å²) in [6, 6.07) is 4.55. The maximum Gasteiger partial charge on any atom is 0.256 e. The van der Waals surface area contributed by atoms with E-state index in [0.29, 0.717) is 21.7 Å². The summed E-state index contributed by atoms with van der Waals surface area (Å²) in [5.74, 6) is -0.126. The van der Waals surface area contributed by atoms with Gasteiger partial charge in [0.25, 0.3) is 5.69 Å². The van der Waals surface area contributed by atoms with Gasteiger partial charge in [-0.2, -0.15) is 5.10 Å². The number of phenolic OH excluding ortho intramolecular Hbond substituents is 1. The highest BCUT2D eigenvalue weighted by atomic mass is 16.3. The highest BCUT2D eigenvalue weighted by Gasteiger charge is 2.34. The van der Waals surface area contributed by atoms with Crippen molar-refractivity contribution in [3.63, 3.8) is 0 Å². The Morgan fingerprint density at radius 2 is 2.11 bits per heavy atom. The second-order valence-electron chi connectivity index (χ2n) is 5.25. The van der Waals surface area contributed by atoms with E-state index in [-0.39, 0.29) is 18.1 Å². The molecule has 1 aliphatic heterocycles. The van der Waals surface area contributed by atoms with Crippen LogP contribution in [-0.2, 0) is 4.79 Å². The Balaban J connectivity index is 2.55. The SMILES string of the molecule is C[N+](=O)c1ccc(O)c(C2=NNC(=O)CC2(C)C)c1. The van der Waals surface area contributed by atoms with Crippen LogP contribution >= 0.6 is 0 Å². The molecule has 6 nitrogen and oxygen atoms in total. The van der Waals surface area contributed by atoms with Gasteiger partial charge < -0.3 is 5.11 Å². The van der Waals surface area contributed by atoms with E-state index in [9.17, 15) is 14.8 Å². The highest BCUT2D eigenvalue weighted by molar-refractivity contribution is 6.09. The van der Waals surface area contributed by atoms with Gasteiger partial charge in [0.1, 0.15) is 5.75 Å². The number of carbonyl (C=O) groups excluding carboxylic acids is 1. The third-order valence-corrected chi connectivity index (χ3v) is 3.13. The molecule has 2 rings (SSSR count). The summed E-state index contributed by atoms with van der Waals surface area (Å²) in [6.07, 6.45) is 0.280. The number of nitrogens with zero attached hydrogens (tertiary/aromatic N) is 2. The molecule has 1 amide bonds. The summed E-state index contributed by atoms with van der Waals surface area (Å²) in [5, 5.41) is 14.0. The minimum atomic E-state index is -0.500. The molecule has 0 atom stereocenters. The minimum absolute atomic E-state index is 0.0357. The molecule has 1 aromatic rings. The van der Waals surface area contributed by atoms with Gasteiger partial charge in [-0.3, -0.25) is 4.79 Å². The smallest absolute Gasteiger partial charge is 0.256 e. The number of carbonyl (C=O) groups is 1. The average Bonchev–Trinajstić information content (AvgIpc) is 2.29. The van der Waals surface area contributed by atoms with E-state index in [4.69, 9.17) is 0 Å². The molecule has 0 saturated heterocycles. The number of hydrazone groups is 1. The molecule has 0 spiro atoms. The molecule has 0 aromatic heterocycles. The summed E-state index contributed by atoms with van der Waals surface area (Å²) >= 11 is 0. The van der Waals surface area contributed by atoms with Gasteiger partial charge in [0.05, 0.1) is 5.71 Å². The second-order valence-corrected chi connectivity index (χ2v) is 5.25. The number of nitroso groups, excluding NO2 is 1. The molecule has 0 aliphatic carbocycles. The molecule has 0 bridgehead atoms. The van der Waals surface area contributed by atoms with Gasteiger partial charge in [0, 0.05) is 39.2 Å². The van der Waals surface area contributed by atoms with Crippen LogP contribution in [0.25, 0.3) is 0 Å². The number of phenols is 1. The first-order valence-corrected chi connectivity index (χ1v) is 5.92. The lowest BCUT2D eigenvalue weighted by molar-refractivity contribution is -0.428. The Morgan fingerprint density at radius 1 is 1.42 bits per heavy atom. The molecule has 100 valence electrons. The Bertz CT molecular complexity index is 591. The third kappa shape index (κ3) is 2.47. The highest BCUT2D eigenvalue weighted by Crippen LogP contribution is 2.34. The lowest BCUT2D eigenvalue weighted by Gasteiger charge is -2.29. The fourth-order valence-corrected chi connectivity index (χ4v) is 2.13. The van der Waals surface area contributed by atoms with Gasteiger partial charge in [0.2, 0.25) is 5.91 Å². The monoisotopic (exact) mass is 262 g/mol. The number of benzene rings is 1. The first-order chi connectivity index (χ1) is 8.81. The van der Waals surface area contributed by atoms with Gasteiger partial charge in [-0.25, -0.2) is 5.43 Å². The molecule has 1 heterocycles. The molecule has 1 aliphatic rings. The summed E-state index contributed by atoms with van der Waals surface area (Å²) in [4.78, 5) is 22.7. The maximum absolute atomic E-state index is 11.4. The molecule has 0 fully saturated rings. The Morgan fingerprint density at radius 3 is 2.68 bits per heavy atom. The summed E-state index contributed by atoms with van der Waals surface area (Å²) in [5.41, 5.74) is 3.35. The average molecular weight is 262 g/mol. The number of hydrogen-bond donors (Lipinski definition) is 2. The normalized spacial score (nSPS) is 17.6. The Hall–Kier alpha value is -2.24. The lowest BCUT2D eigenvalue weighted by Crippen LogP contribution is -2.39. The van der Waals surface area contributed by atoms with Crippen LogP contribution in [0.3, 0.4) is 0 Å². The van der Waals surface area contributed by atoms with Gasteiger partial charge in [-0.15, -0.1) is 0 Å². The number of hydrogen-bond acceptors (Lipinski definition) is 4. The van der Waals surface area contributed by atoms with E-state index in [2.05, 4.69) is 10.5 Å². The van der Waals surface area contributed by atoms with Gasteiger partial charge in [-0.1, -0.05) is 13.8 Å². The standard InChI is InChI=1S/C13H15N3O3/c1-13(2)7-11(18)14-15-12(13)9-6-8(16(3)19)4-5-10(9)17/h4-6H,7H2,1-3H3,(H-,14,15,17,18,19)/p+1. The van der Waals surface area contributed by atoms with E-state index < -0.39 is 5.41 Å². The summed E-state index contributed by atoms with van der Waals surface area (Å²) < 4.78 is 0.706. The van der Waals surface area contributed by atoms with Crippen molar-refractivity contribution < 1.29 is 14.7 Å². The number of rotatable bonds is 2. The fraction of sp³-hybridized carbons (Fsp3) is 0.385.